The summed E-state index contributed by atoms with van der Waals surface area (Å²) in [5.74, 6) is 0.960. The molecule has 1 saturated heterocycles. The zero-order valence-electron chi connectivity index (χ0n) is 16.6. The average Bonchev–Trinajstić information content (AvgIpc) is 2.65. The molecule has 0 saturated carbocycles. The van der Waals surface area contributed by atoms with Gasteiger partial charge in [-0.25, -0.2) is 0 Å². The van der Waals surface area contributed by atoms with Gasteiger partial charge < -0.3 is 16.0 Å². The summed E-state index contributed by atoms with van der Waals surface area (Å²) in [5, 5.41) is 9.56. The van der Waals surface area contributed by atoms with Gasteiger partial charge in [0, 0.05) is 51.7 Å². The van der Waals surface area contributed by atoms with Crippen LogP contribution in [0.5, 0.6) is 0 Å². The molecule has 152 valence electrons. The van der Waals surface area contributed by atoms with E-state index in [1.807, 2.05) is 12.4 Å². The third kappa shape index (κ3) is 8.42. The van der Waals surface area contributed by atoms with Crippen LogP contribution in [0.3, 0.4) is 0 Å². The number of carbonyl (C=O) groups excluding carboxylic acids is 1. The SMILES string of the molecule is CCNC(=NCCc1ccncc1C)NC1CCN(CC(=O)NC)CC1.I. The quantitative estimate of drug-likeness (QED) is 0.307. The average molecular weight is 488 g/mol. The first kappa shape index (κ1) is 23.6. The molecule has 0 spiro atoms. The maximum Gasteiger partial charge on any atom is 0.233 e. The minimum absolute atomic E-state index is 0. The van der Waals surface area contributed by atoms with Crippen LogP contribution < -0.4 is 16.0 Å². The Morgan fingerprint density at radius 2 is 2.11 bits per heavy atom. The number of nitrogens with zero attached hydrogens (tertiary/aromatic N) is 3. The molecule has 2 rings (SSSR count). The smallest absolute Gasteiger partial charge is 0.233 e. The minimum atomic E-state index is 0. The molecule has 1 aromatic rings. The summed E-state index contributed by atoms with van der Waals surface area (Å²) in [5.41, 5.74) is 2.51. The summed E-state index contributed by atoms with van der Waals surface area (Å²) >= 11 is 0. The van der Waals surface area contributed by atoms with E-state index < -0.39 is 0 Å². The highest BCUT2D eigenvalue weighted by atomic mass is 127. The third-order valence-electron chi connectivity index (χ3n) is 4.71. The number of hydrogen-bond donors (Lipinski definition) is 3. The maximum atomic E-state index is 11.5. The van der Waals surface area contributed by atoms with Gasteiger partial charge in [-0.1, -0.05) is 0 Å². The number of likely N-dealkylation sites (N-methyl/N-ethyl adjacent to an activating group) is 1. The van der Waals surface area contributed by atoms with E-state index in [-0.39, 0.29) is 29.9 Å². The van der Waals surface area contributed by atoms with Gasteiger partial charge in [0.25, 0.3) is 0 Å². The standard InChI is InChI=1S/C19H32N6O.HI/c1-4-22-19(23-10-6-16-5-9-21-13-15(16)2)24-17-7-11-25(12-8-17)14-18(26)20-3;/h5,9,13,17H,4,6-8,10-12,14H2,1-3H3,(H,20,26)(H2,22,23,24);1H. The van der Waals surface area contributed by atoms with Crippen molar-refractivity contribution in [2.75, 3.05) is 39.8 Å². The number of carbonyl (C=O) groups is 1. The second-order valence-electron chi connectivity index (χ2n) is 6.68. The van der Waals surface area contributed by atoms with Crippen molar-refractivity contribution in [1.82, 2.24) is 25.8 Å². The molecule has 1 aliphatic heterocycles. The van der Waals surface area contributed by atoms with Crippen molar-refractivity contribution in [2.24, 2.45) is 4.99 Å². The molecule has 0 radical (unpaired) electrons. The van der Waals surface area contributed by atoms with E-state index in [1.54, 1.807) is 7.05 Å². The van der Waals surface area contributed by atoms with Crippen molar-refractivity contribution in [1.29, 1.82) is 0 Å². The summed E-state index contributed by atoms with van der Waals surface area (Å²) in [7, 11) is 1.68. The Labute approximate surface area is 179 Å². The summed E-state index contributed by atoms with van der Waals surface area (Å²) in [4.78, 5) is 22.5. The number of halogens is 1. The van der Waals surface area contributed by atoms with Crippen LogP contribution in [0.4, 0.5) is 0 Å². The van der Waals surface area contributed by atoms with E-state index in [9.17, 15) is 4.79 Å². The zero-order valence-corrected chi connectivity index (χ0v) is 19.0. The fourth-order valence-electron chi connectivity index (χ4n) is 3.10. The first-order chi connectivity index (χ1) is 12.6. The van der Waals surface area contributed by atoms with E-state index in [0.717, 1.165) is 51.4 Å². The Bertz CT molecular complexity index is 602. The molecule has 0 aliphatic carbocycles. The molecular formula is C19H33IN6O. The third-order valence-corrected chi connectivity index (χ3v) is 4.71. The predicted molar refractivity (Wildman–Crippen MR) is 121 cm³/mol. The Hall–Kier alpha value is -1.42. The summed E-state index contributed by atoms with van der Waals surface area (Å²) < 4.78 is 0. The predicted octanol–water partition coefficient (Wildman–Crippen LogP) is 1.32. The fourth-order valence-corrected chi connectivity index (χ4v) is 3.10. The zero-order chi connectivity index (χ0) is 18.8. The van der Waals surface area contributed by atoms with Gasteiger partial charge in [-0.3, -0.25) is 19.7 Å². The second kappa shape index (κ2) is 12.9. The number of amides is 1. The molecule has 8 heteroatoms. The molecule has 2 heterocycles. The van der Waals surface area contributed by atoms with Gasteiger partial charge in [0.1, 0.15) is 0 Å². The lowest BCUT2D eigenvalue weighted by molar-refractivity contribution is -0.122. The largest absolute Gasteiger partial charge is 0.358 e. The molecule has 1 aliphatic rings. The number of aryl methyl sites for hydroxylation is 1. The van der Waals surface area contributed by atoms with E-state index in [4.69, 9.17) is 4.99 Å². The van der Waals surface area contributed by atoms with Crippen molar-refractivity contribution < 1.29 is 4.79 Å². The van der Waals surface area contributed by atoms with E-state index in [1.165, 1.54) is 11.1 Å². The van der Waals surface area contributed by atoms with Crippen molar-refractivity contribution in [2.45, 2.75) is 39.2 Å². The van der Waals surface area contributed by atoms with Crippen LogP contribution in [-0.4, -0.2) is 67.6 Å². The van der Waals surface area contributed by atoms with Crippen LogP contribution in [0.1, 0.15) is 30.9 Å². The van der Waals surface area contributed by atoms with Gasteiger partial charge in [0.05, 0.1) is 6.54 Å². The second-order valence-corrected chi connectivity index (χ2v) is 6.68. The van der Waals surface area contributed by atoms with Crippen molar-refractivity contribution in [3.05, 3.63) is 29.6 Å². The fraction of sp³-hybridized carbons (Fsp3) is 0.632. The molecule has 7 nitrogen and oxygen atoms in total. The Balaban J connectivity index is 0.00000364. The van der Waals surface area contributed by atoms with Crippen LogP contribution in [-0.2, 0) is 11.2 Å². The van der Waals surface area contributed by atoms with Gasteiger partial charge in [-0.15, -0.1) is 24.0 Å². The van der Waals surface area contributed by atoms with Crippen LogP contribution >= 0.6 is 24.0 Å². The van der Waals surface area contributed by atoms with Gasteiger partial charge in [-0.2, -0.15) is 0 Å². The minimum Gasteiger partial charge on any atom is -0.358 e. The van der Waals surface area contributed by atoms with Crippen molar-refractivity contribution in [3.63, 3.8) is 0 Å². The van der Waals surface area contributed by atoms with Gasteiger partial charge >= 0.3 is 0 Å². The molecule has 27 heavy (non-hydrogen) atoms. The molecular weight excluding hydrogens is 455 g/mol. The number of guanidine groups is 1. The summed E-state index contributed by atoms with van der Waals surface area (Å²) in [6.07, 6.45) is 6.68. The summed E-state index contributed by atoms with van der Waals surface area (Å²) in [6.45, 7) is 8.10. The van der Waals surface area contributed by atoms with Crippen molar-refractivity contribution in [3.8, 4) is 0 Å². The van der Waals surface area contributed by atoms with Crippen LogP contribution in [0, 0.1) is 6.92 Å². The number of hydrogen-bond acceptors (Lipinski definition) is 4. The lowest BCUT2D eigenvalue weighted by Crippen LogP contribution is -2.50. The topological polar surface area (TPSA) is 81.7 Å². The number of aromatic nitrogens is 1. The molecule has 1 aromatic heterocycles. The molecule has 3 N–H and O–H groups in total. The van der Waals surface area contributed by atoms with Gasteiger partial charge in [0.2, 0.25) is 5.91 Å². The maximum absolute atomic E-state index is 11.5. The lowest BCUT2D eigenvalue weighted by Gasteiger charge is -2.32. The number of pyridine rings is 1. The van der Waals surface area contributed by atoms with Crippen LogP contribution in [0.25, 0.3) is 0 Å². The monoisotopic (exact) mass is 488 g/mol. The Morgan fingerprint density at radius 1 is 1.37 bits per heavy atom. The van der Waals surface area contributed by atoms with E-state index >= 15 is 0 Å². The molecule has 1 fully saturated rings. The number of likely N-dealkylation sites (tertiary alicyclic amines) is 1. The number of piperidine rings is 1. The normalized spacial score (nSPS) is 15.7. The van der Waals surface area contributed by atoms with Gasteiger partial charge in [-0.05, 0) is 50.3 Å². The highest BCUT2D eigenvalue weighted by Gasteiger charge is 2.21. The molecule has 0 bridgehead atoms. The Morgan fingerprint density at radius 3 is 2.74 bits per heavy atom. The van der Waals surface area contributed by atoms with E-state index in [0.29, 0.717) is 12.6 Å². The van der Waals surface area contributed by atoms with Crippen LogP contribution in [0.15, 0.2) is 23.5 Å². The highest BCUT2D eigenvalue weighted by molar-refractivity contribution is 14.0. The van der Waals surface area contributed by atoms with E-state index in [2.05, 4.69) is 45.7 Å². The highest BCUT2D eigenvalue weighted by Crippen LogP contribution is 2.10. The van der Waals surface area contributed by atoms with Crippen molar-refractivity contribution >= 4 is 35.8 Å². The van der Waals surface area contributed by atoms with Gasteiger partial charge in [0.15, 0.2) is 5.96 Å². The molecule has 0 unspecified atom stereocenters. The number of rotatable bonds is 7. The number of aliphatic imine (C=N–C) groups is 1. The number of nitrogens with one attached hydrogen (secondary N) is 3. The summed E-state index contributed by atoms with van der Waals surface area (Å²) in [6, 6.07) is 2.46. The first-order valence-electron chi connectivity index (χ1n) is 9.49. The Kier molecular flexibility index (Phi) is 11.3. The molecule has 0 atom stereocenters. The molecule has 0 aromatic carbocycles. The van der Waals surface area contributed by atoms with Crippen LogP contribution in [0.2, 0.25) is 0 Å². The lowest BCUT2D eigenvalue weighted by atomic mass is 10.1. The first-order valence-corrected chi connectivity index (χ1v) is 9.49. The molecule has 1 amide bonds.